The third kappa shape index (κ3) is 7.63. The van der Waals surface area contributed by atoms with Gasteiger partial charge in [-0.15, -0.1) is 0 Å². The lowest BCUT2D eigenvalue weighted by Crippen LogP contribution is -2.53. The second-order valence-electron chi connectivity index (χ2n) is 10.6. The van der Waals surface area contributed by atoms with Gasteiger partial charge in [-0.2, -0.15) is 0 Å². The van der Waals surface area contributed by atoms with E-state index in [0.29, 0.717) is 22.9 Å². The van der Waals surface area contributed by atoms with Crippen molar-refractivity contribution in [2.45, 2.75) is 69.5 Å². The van der Waals surface area contributed by atoms with Crippen LogP contribution in [-0.2, 0) is 26.2 Å². The lowest BCUT2D eigenvalue weighted by atomic mass is 10.1. The Morgan fingerprint density at radius 3 is 2.17 bits per heavy atom. The number of methoxy groups -OCH3 is 1. The molecule has 2 amide bonds. The molecule has 224 valence electrons. The minimum atomic E-state index is -4.14. The zero-order valence-electron chi connectivity index (χ0n) is 24.3. The standard InChI is InChI=1S/C32H38ClN3O5S/c1-4-30(32(38)34-26-7-5-6-8-26)35(21-24-11-17-28(41-3)18-12-24)31(37)22-36(27-15-13-25(33)14-16-27)42(39,40)29-19-9-23(2)10-20-29/h9-20,26,30H,4-8,21-22H2,1-3H3,(H,34,38)/t30-/m0/s1. The number of halogens is 1. The number of carbonyl (C=O) groups is 2. The second-order valence-corrected chi connectivity index (χ2v) is 12.9. The van der Waals surface area contributed by atoms with Crippen LogP contribution in [0.25, 0.3) is 0 Å². The first-order chi connectivity index (χ1) is 20.1. The highest BCUT2D eigenvalue weighted by Crippen LogP contribution is 2.27. The Hall–Kier alpha value is -3.56. The summed E-state index contributed by atoms with van der Waals surface area (Å²) in [4.78, 5) is 29.3. The van der Waals surface area contributed by atoms with E-state index < -0.39 is 28.5 Å². The average Bonchev–Trinajstić information content (AvgIpc) is 3.49. The van der Waals surface area contributed by atoms with Gasteiger partial charge in [-0.05, 0) is 80.3 Å². The Balaban J connectivity index is 1.70. The molecular weight excluding hydrogens is 574 g/mol. The SMILES string of the molecule is CC[C@@H](C(=O)NC1CCCC1)N(Cc1ccc(OC)cc1)C(=O)CN(c1ccc(Cl)cc1)S(=O)(=O)c1ccc(C)cc1. The molecule has 1 aliphatic rings. The molecule has 0 heterocycles. The first-order valence-corrected chi connectivity index (χ1v) is 16.0. The van der Waals surface area contributed by atoms with Gasteiger partial charge in [0.05, 0.1) is 17.7 Å². The number of rotatable bonds is 12. The van der Waals surface area contributed by atoms with Gasteiger partial charge in [0.1, 0.15) is 18.3 Å². The van der Waals surface area contributed by atoms with Crippen molar-refractivity contribution in [3.8, 4) is 5.75 Å². The van der Waals surface area contributed by atoms with Crippen LogP contribution < -0.4 is 14.4 Å². The quantitative estimate of drug-likeness (QED) is 0.283. The topological polar surface area (TPSA) is 96.0 Å². The highest BCUT2D eigenvalue weighted by Gasteiger charge is 2.34. The van der Waals surface area contributed by atoms with Crippen LogP contribution in [0.5, 0.6) is 5.75 Å². The van der Waals surface area contributed by atoms with Gasteiger partial charge in [-0.1, -0.05) is 61.2 Å². The van der Waals surface area contributed by atoms with Crippen LogP contribution in [0, 0.1) is 6.92 Å². The molecule has 0 spiro atoms. The minimum Gasteiger partial charge on any atom is -0.497 e. The van der Waals surface area contributed by atoms with Gasteiger partial charge in [-0.25, -0.2) is 8.42 Å². The third-order valence-corrected chi connectivity index (χ3v) is 9.64. The third-order valence-electron chi connectivity index (χ3n) is 7.60. The van der Waals surface area contributed by atoms with Gasteiger partial charge in [-0.3, -0.25) is 13.9 Å². The van der Waals surface area contributed by atoms with Crippen LogP contribution in [0.15, 0.2) is 77.7 Å². The Labute approximate surface area is 253 Å². The van der Waals surface area contributed by atoms with E-state index in [1.165, 1.54) is 17.0 Å². The fourth-order valence-electron chi connectivity index (χ4n) is 5.19. The number of sulfonamides is 1. The number of ether oxygens (including phenoxy) is 1. The molecule has 1 atom stereocenters. The molecule has 4 rings (SSSR count). The smallest absolute Gasteiger partial charge is 0.264 e. The summed E-state index contributed by atoms with van der Waals surface area (Å²) in [5.41, 5.74) is 1.99. The summed E-state index contributed by atoms with van der Waals surface area (Å²) in [7, 11) is -2.57. The fraction of sp³-hybridized carbons (Fsp3) is 0.375. The summed E-state index contributed by atoms with van der Waals surface area (Å²) in [5, 5.41) is 3.56. The van der Waals surface area contributed by atoms with Crippen molar-refractivity contribution in [3.05, 3.63) is 88.9 Å². The first kappa shape index (κ1) is 31.4. The summed E-state index contributed by atoms with van der Waals surface area (Å²) >= 11 is 6.10. The molecule has 3 aromatic carbocycles. The largest absolute Gasteiger partial charge is 0.497 e. The molecule has 0 aliphatic heterocycles. The van der Waals surface area contributed by atoms with Crippen LogP contribution in [-0.4, -0.2) is 50.9 Å². The van der Waals surface area contributed by atoms with E-state index in [9.17, 15) is 18.0 Å². The van der Waals surface area contributed by atoms with E-state index in [1.807, 2.05) is 26.0 Å². The molecular formula is C32H38ClN3O5S. The zero-order chi connectivity index (χ0) is 30.3. The number of anilines is 1. The molecule has 1 fully saturated rings. The molecule has 0 radical (unpaired) electrons. The van der Waals surface area contributed by atoms with Gasteiger partial charge in [0, 0.05) is 17.6 Å². The van der Waals surface area contributed by atoms with E-state index in [1.54, 1.807) is 55.6 Å². The number of hydrogen-bond donors (Lipinski definition) is 1. The van der Waals surface area contributed by atoms with E-state index >= 15 is 0 Å². The van der Waals surface area contributed by atoms with Crippen LogP contribution in [0.4, 0.5) is 5.69 Å². The van der Waals surface area contributed by atoms with Gasteiger partial charge in [0.15, 0.2) is 0 Å². The van der Waals surface area contributed by atoms with E-state index in [-0.39, 0.29) is 23.4 Å². The number of nitrogens with one attached hydrogen (secondary N) is 1. The molecule has 10 heteroatoms. The number of carbonyl (C=O) groups excluding carboxylic acids is 2. The fourth-order valence-corrected chi connectivity index (χ4v) is 6.73. The number of nitrogens with zero attached hydrogens (tertiary/aromatic N) is 2. The second kappa shape index (κ2) is 14.1. The maximum Gasteiger partial charge on any atom is 0.264 e. The Morgan fingerprint density at radius 2 is 1.60 bits per heavy atom. The maximum absolute atomic E-state index is 14.2. The summed E-state index contributed by atoms with van der Waals surface area (Å²) < 4.78 is 34.3. The monoisotopic (exact) mass is 611 g/mol. The average molecular weight is 612 g/mol. The molecule has 0 unspecified atom stereocenters. The Bertz CT molecular complexity index is 1460. The molecule has 0 saturated heterocycles. The van der Waals surface area contributed by atoms with Crippen LogP contribution >= 0.6 is 11.6 Å². The molecule has 1 N–H and O–H groups in total. The highest BCUT2D eigenvalue weighted by molar-refractivity contribution is 7.92. The number of benzene rings is 3. The molecule has 0 aromatic heterocycles. The summed E-state index contributed by atoms with van der Waals surface area (Å²) in [6.45, 7) is 3.35. The predicted molar refractivity (Wildman–Crippen MR) is 165 cm³/mol. The lowest BCUT2D eigenvalue weighted by Gasteiger charge is -2.33. The molecule has 1 saturated carbocycles. The summed E-state index contributed by atoms with van der Waals surface area (Å²) in [6.07, 6.45) is 4.31. The Kier molecular flexibility index (Phi) is 10.5. The van der Waals surface area contributed by atoms with Crippen molar-refractivity contribution >= 4 is 39.1 Å². The molecule has 0 bridgehead atoms. The summed E-state index contributed by atoms with van der Waals surface area (Å²) in [5.74, 6) is -0.0590. The predicted octanol–water partition coefficient (Wildman–Crippen LogP) is 5.72. The van der Waals surface area contributed by atoms with Crippen LogP contribution in [0.1, 0.15) is 50.2 Å². The minimum absolute atomic E-state index is 0.0589. The maximum atomic E-state index is 14.2. The molecule has 42 heavy (non-hydrogen) atoms. The van der Waals surface area contributed by atoms with E-state index in [4.69, 9.17) is 16.3 Å². The van der Waals surface area contributed by atoms with E-state index in [0.717, 1.165) is 41.1 Å². The highest BCUT2D eigenvalue weighted by atomic mass is 35.5. The molecule has 1 aliphatic carbocycles. The van der Waals surface area contributed by atoms with Crippen LogP contribution in [0.3, 0.4) is 0 Å². The number of aryl methyl sites for hydroxylation is 1. The van der Waals surface area contributed by atoms with Gasteiger partial charge < -0.3 is 15.0 Å². The van der Waals surface area contributed by atoms with E-state index in [2.05, 4.69) is 5.32 Å². The first-order valence-electron chi connectivity index (χ1n) is 14.2. The van der Waals surface area contributed by atoms with Crippen molar-refractivity contribution in [1.82, 2.24) is 10.2 Å². The zero-order valence-corrected chi connectivity index (χ0v) is 25.8. The van der Waals surface area contributed by atoms with Crippen molar-refractivity contribution < 1.29 is 22.7 Å². The van der Waals surface area contributed by atoms with Crippen molar-refractivity contribution in [1.29, 1.82) is 0 Å². The van der Waals surface area contributed by atoms with Crippen LogP contribution in [0.2, 0.25) is 5.02 Å². The Morgan fingerprint density at radius 1 is 0.976 bits per heavy atom. The van der Waals surface area contributed by atoms with Crippen molar-refractivity contribution in [2.75, 3.05) is 18.0 Å². The van der Waals surface area contributed by atoms with Crippen molar-refractivity contribution in [2.24, 2.45) is 0 Å². The van der Waals surface area contributed by atoms with Gasteiger partial charge in [0.2, 0.25) is 11.8 Å². The normalized spacial score (nSPS) is 14.3. The molecule has 3 aromatic rings. The van der Waals surface area contributed by atoms with Gasteiger partial charge >= 0.3 is 0 Å². The number of hydrogen-bond acceptors (Lipinski definition) is 5. The number of amides is 2. The lowest BCUT2D eigenvalue weighted by molar-refractivity contribution is -0.140. The van der Waals surface area contributed by atoms with Gasteiger partial charge in [0.25, 0.3) is 10.0 Å². The van der Waals surface area contributed by atoms with Crippen molar-refractivity contribution in [3.63, 3.8) is 0 Å². The molecule has 8 nitrogen and oxygen atoms in total. The summed E-state index contributed by atoms with van der Waals surface area (Å²) in [6, 6.07) is 19.3.